The van der Waals surface area contributed by atoms with E-state index in [0.29, 0.717) is 5.69 Å². The first-order valence-electron chi connectivity index (χ1n) is 9.91. The van der Waals surface area contributed by atoms with Gasteiger partial charge in [-0.15, -0.1) is 0 Å². The molecule has 0 spiro atoms. The van der Waals surface area contributed by atoms with E-state index in [0.717, 1.165) is 0 Å². The normalized spacial score (nSPS) is 11.8. The van der Waals surface area contributed by atoms with Gasteiger partial charge in [-0.25, -0.2) is 13.7 Å². The molecule has 7 N–H and O–H groups in total. The molecule has 2 rings (SSSR count). The summed E-state index contributed by atoms with van der Waals surface area (Å²) in [4.78, 5) is 27.2. The Morgan fingerprint density at radius 1 is 0.879 bits per heavy atom. The van der Waals surface area contributed by atoms with E-state index >= 15 is 0 Å². The van der Waals surface area contributed by atoms with Gasteiger partial charge in [-0.3, -0.25) is 4.55 Å². The molecule has 1 unspecified atom stereocenters. The highest BCUT2D eigenvalue weighted by atomic mass is 32.2. The van der Waals surface area contributed by atoms with E-state index in [2.05, 4.69) is 25.0 Å². The minimum atomic E-state index is -2.21. The number of carboxylic acid groups (broad SMARTS) is 1. The van der Waals surface area contributed by atoms with Crippen LogP contribution >= 0.6 is 0 Å². The summed E-state index contributed by atoms with van der Waals surface area (Å²) in [5, 5.41) is 40.2. The fraction of sp³-hybridized carbons (Fsp3) is 0.444. The van der Waals surface area contributed by atoms with Crippen LogP contribution in [0.5, 0.6) is 0 Å². The highest BCUT2D eigenvalue weighted by Gasteiger charge is 2.18. The quantitative estimate of drug-likeness (QED) is 0.146. The van der Waals surface area contributed by atoms with Crippen LogP contribution in [0.15, 0.2) is 24.3 Å². The Morgan fingerprint density at radius 3 is 1.85 bits per heavy atom. The zero-order chi connectivity index (χ0) is 24.2. The predicted octanol–water partition coefficient (Wildman–Crippen LogP) is -1.37. The third-order valence-electron chi connectivity index (χ3n) is 4.28. The lowest BCUT2D eigenvalue weighted by molar-refractivity contribution is 0.0697. The minimum absolute atomic E-state index is 0.0978. The second-order valence-electron chi connectivity index (χ2n) is 6.55. The van der Waals surface area contributed by atoms with Gasteiger partial charge >= 0.3 is 5.97 Å². The Balaban J connectivity index is 2.40. The second kappa shape index (κ2) is 13.6. The molecule has 0 bridgehead atoms. The third kappa shape index (κ3) is 8.49. The molecule has 33 heavy (non-hydrogen) atoms. The van der Waals surface area contributed by atoms with Crippen LogP contribution in [0.25, 0.3) is 0 Å². The van der Waals surface area contributed by atoms with Crippen molar-refractivity contribution in [3.05, 3.63) is 29.8 Å². The molecule has 182 valence electrons. The maximum atomic E-state index is 11.1. The summed E-state index contributed by atoms with van der Waals surface area (Å²) in [6.45, 7) is 0.0167. The molecule has 0 aliphatic rings. The van der Waals surface area contributed by atoms with Crippen LogP contribution in [0.1, 0.15) is 10.4 Å². The van der Waals surface area contributed by atoms with Crippen LogP contribution in [0.4, 0.5) is 23.5 Å². The number of benzene rings is 1. The molecule has 2 aromatic rings. The monoisotopic (exact) mass is 485 g/mol. The van der Waals surface area contributed by atoms with Gasteiger partial charge in [0.2, 0.25) is 29.1 Å². The van der Waals surface area contributed by atoms with Crippen LogP contribution in [0.2, 0.25) is 0 Å². The van der Waals surface area contributed by atoms with Gasteiger partial charge in [0, 0.05) is 38.4 Å². The molecule has 1 atom stereocenters. The van der Waals surface area contributed by atoms with Gasteiger partial charge in [0.05, 0.1) is 25.4 Å². The van der Waals surface area contributed by atoms with Crippen LogP contribution < -0.4 is 19.8 Å². The van der Waals surface area contributed by atoms with Crippen molar-refractivity contribution in [2.24, 2.45) is 0 Å². The molecule has 1 aromatic heterocycles. The van der Waals surface area contributed by atoms with Crippen molar-refractivity contribution >= 4 is 40.8 Å². The van der Waals surface area contributed by atoms with E-state index in [1.807, 2.05) is 0 Å². The highest BCUT2D eigenvalue weighted by molar-refractivity contribution is 7.77. The number of aromatic carboxylic acids is 1. The van der Waals surface area contributed by atoms with E-state index in [-0.39, 0.29) is 76.0 Å². The Hall–Kier alpha value is -2.95. The van der Waals surface area contributed by atoms with Gasteiger partial charge in [-0.1, -0.05) is 0 Å². The number of nitrogens with one attached hydrogen (secondary N) is 2. The first-order chi connectivity index (χ1) is 15.9. The highest BCUT2D eigenvalue weighted by Crippen LogP contribution is 2.20. The number of carboxylic acids is 1. The Morgan fingerprint density at radius 2 is 1.39 bits per heavy atom. The van der Waals surface area contributed by atoms with Gasteiger partial charge in [0.1, 0.15) is 0 Å². The smallest absolute Gasteiger partial charge is 0.335 e. The summed E-state index contributed by atoms with van der Waals surface area (Å²) in [5.41, 5.74) is 0.613. The van der Waals surface area contributed by atoms with Crippen molar-refractivity contribution in [3.63, 3.8) is 0 Å². The summed E-state index contributed by atoms with van der Waals surface area (Å²) in [6, 6.07) is 5.90. The molecule has 14 nitrogen and oxygen atoms in total. The van der Waals surface area contributed by atoms with Crippen molar-refractivity contribution in [2.45, 2.75) is 0 Å². The topological polar surface area (TPSA) is 204 Å². The minimum Gasteiger partial charge on any atom is -0.478 e. The molecule has 1 heterocycles. The molecule has 15 heteroatoms. The van der Waals surface area contributed by atoms with Crippen LogP contribution in [0.3, 0.4) is 0 Å². The lowest BCUT2D eigenvalue weighted by Crippen LogP contribution is -2.37. The molecule has 0 radical (unpaired) electrons. The number of hydrogen-bond acceptors (Lipinski definition) is 11. The zero-order valence-electron chi connectivity index (χ0n) is 17.7. The number of rotatable bonds is 15. The van der Waals surface area contributed by atoms with E-state index in [1.54, 1.807) is 9.80 Å². The summed E-state index contributed by atoms with van der Waals surface area (Å²) in [7, 11) is 0. The number of aromatic nitrogens is 3. The molecule has 0 fully saturated rings. The summed E-state index contributed by atoms with van der Waals surface area (Å²) in [5.74, 6) is -0.674. The first kappa shape index (κ1) is 26.3. The van der Waals surface area contributed by atoms with Gasteiger partial charge in [0.15, 0.2) is 0 Å². The molecular formula is C18H27N7O7S. The second-order valence-corrected chi connectivity index (χ2v) is 7.34. The van der Waals surface area contributed by atoms with Crippen molar-refractivity contribution in [3.8, 4) is 0 Å². The van der Waals surface area contributed by atoms with Crippen molar-refractivity contribution < 1.29 is 34.0 Å². The number of nitrogens with zero attached hydrogens (tertiary/aromatic N) is 5. The van der Waals surface area contributed by atoms with Gasteiger partial charge in [-0.2, -0.15) is 15.0 Å². The Bertz CT molecular complexity index is 914. The van der Waals surface area contributed by atoms with Crippen molar-refractivity contribution in [1.82, 2.24) is 19.7 Å². The Kier molecular flexibility index (Phi) is 10.8. The molecule has 0 aliphatic carbocycles. The third-order valence-corrected chi connectivity index (χ3v) is 4.73. The maximum absolute atomic E-state index is 11.1. The average molecular weight is 486 g/mol. The van der Waals surface area contributed by atoms with Crippen LogP contribution in [-0.4, -0.2) is 103 Å². The number of aliphatic hydroxyl groups excluding tert-OH is 3. The van der Waals surface area contributed by atoms with Crippen LogP contribution in [0, 0.1) is 0 Å². The van der Waals surface area contributed by atoms with Gasteiger partial charge < -0.3 is 35.5 Å². The molecule has 1 aromatic carbocycles. The summed E-state index contributed by atoms with van der Waals surface area (Å²) < 4.78 is 22.1. The van der Waals surface area contributed by atoms with Crippen LogP contribution in [-0.2, 0) is 11.3 Å². The molecule has 0 aliphatic heterocycles. The van der Waals surface area contributed by atoms with E-state index in [1.165, 1.54) is 24.3 Å². The zero-order valence-corrected chi connectivity index (χ0v) is 18.5. The van der Waals surface area contributed by atoms with Gasteiger partial charge in [-0.05, 0) is 24.3 Å². The number of aliphatic hydroxyl groups is 3. The molecule has 0 saturated heterocycles. The van der Waals surface area contributed by atoms with Crippen molar-refractivity contribution in [2.75, 3.05) is 67.7 Å². The summed E-state index contributed by atoms with van der Waals surface area (Å²) in [6.07, 6.45) is 0. The van der Waals surface area contributed by atoms with Gasteiger partial charge in [0.25, 0.3) is 0 Å². The molecule has 0 amide bonds. The van der Waals surface area contributed by atoms with Crippen molar-refractivity contribution in [1.29, 1.82) is 0 Å². The standard InChI is InChI=1S/C18H27N7O7S/c26-10-7-24(6-5-19-33(31)32)17-21-16(20-14-3-1-13(2-4-14)15(29)30)22-18(23-17)25(8-11-27)9-12-28/h1-4,19,26-28H,5-12H2,(H,29,30)(H,31,32)(H,20,21,22,23). The number of anilines is 4. The SMILES string of the molecule is O=C(O)c1ccc(Nc2nc(N(CCO)CCO)nc(N(CCO)CCNS(=O)O)n2)cc1. The lowest BCUT2D eigenvalue weighted by atomic mass is 10.2. The molecule has 0 saturated carbocycles. The first-order valence-corrected chi connectivity index (χ1v) is 11.0. The number of hydrogen-bond donors (Lipinski definition) is 7. The number of carbonyl (C=O) groups is 1. The van der Waals surface area contributed by atoms with E-state index in [4.69, 9.17) is 9.66 Å². The van der Waals surface area contributed by atoms with E-state index < -0.39 is 17.2 Å². The lowest BCUT2D eigenvalue weighted by Gasteiger charge is -2.25. The largest absolute Gasteiger partial charge is 0.478 e. The predicted molar refractivity (Wildman–Crippen MR) is 121 cm³/mol. The fourth-order valence-electron chi connectivity index (χ4n) is 2.77. The fourth-order valence-corrected chi connectivity index (χ4v) is 3.04. The Labute approximate surface area is 192 Å². The average Bonchev–Trinajstić information content (AvgIpc) is 2.78. The maximum Gasteiger partial charge on any atom is 0.335 e. The van der Waals surface area contributed by atoms with E-state index in [9.17, 15) is 24.3 Å². The summed E-state index contributed by atoms with van der Waals surface area (Å²) >= 11 is -2.21. The molecular weight excluding hydrogens is 458 g/mol.